The largest absolute Gasteiger partial charge is 0.350 e. The molecular formula is C21H26N4O4S2. The van der Waals surface area contributed by atoms with Crippen LogP contribution in [0.5, 0.6) is 0 Å². The van der Waals surface area contributed by atoms with Crippen molar-refractivity contribution >= 4 is 38.3 Å². The maximum atomic E-state index is 12.8. The maximum absolute atomic E-state index is 12.8. The molecule has 3 aromatic rings. The summed E-state index contributed by atoms with van der Waals surface area (Å²) in [6.07, 6.45) is 2.84. The first-order valence-electron chi connectivity index (χ1n) is 10.5. The van der Waals surface area contributed by atoms with Crippen LogP contribution in [-0.4, -0.2) is 40.9 Å². The van der Waals surface area contributed by atoms with Crippen LogP contribution in [0.4, 0.5) is 0 Å². The molecule has 1 amide bonds. The zero-order chi connectivity index (χ0) is 22.0. The number of amides is 1. The van der Waals surface area contributed by atoms with E-state index in [4.69, 9.17) is 0 Å². The van der Waals surface area contributed by atoms with E-state index in [1.165, 1.54) is 15.9 Å². The minimum Gasteiger partial charge on any atom is -0.350 e. The Hall–Kier alpha value is -2.43. The van der Waals surface area contributed by atoms with Gasteiger partial charge in [-0.05, 0) is 44.0 Å². The molecule has 0 atom stereocenters. The predicted octanol–water partition coefficient (Wildman–Crippen LogP) is 2.38. The van der Waals surface area contributed by atoms with Crippen molar-refractivity contribution in [3.8, 4) is 0 Å². The molecule has 0 bridgehead atoms. The van der Waals surface area contributed by atoms with E-state index in [-0.39, 0.29) is 24.7 Å². The molecule has 10 heteroatoms. The molecule has 0 spiro atoms. The Kier molecular flexibility index (Phi) is 6.31. The maximum Gasteiger partial charge on any atom is 0.329 e. The van der Waals surface area contributed by atoms with Crippen molar-refractivity contribution in [3.63, 3.8) is 0 Å². The van der Waals surface area contributed by atoms with Crippen LogP contribution in [0.1, 0.15) is 31.1 Å². The van der Waals surface area contributed by atoms with Gasteiger partial charge in [0.15, 0.2) is 0 Å². The van der Waals surface area contributed by atoms with Gasteiger partial charge in [-0.25, -0.2) is 13.2 Å². The Labute approximate surface area is 185 Å². The number of nitrogens with one attached hydrogen (secondary N) is 1. The normalized spacial score (nSPS) is 15.4. The Morgan fingerprint density at radius 3 is 2.39 bits per heavy atom. The van der Waals surface area contributed by atoms with Crippen LogP contribution in [0, 0.1) is 0 Å². The molecule has 1 N–H and O–H groups in total. The van der Waals surface area contributed by atoms with Crippen molar-refractivity contribution in [2.75, 3.05) is 13.1 Å². The lowest BCUT2D eigenvalue weighted by atomic mass is 10.2. The standard InChI is InChI=1S/C21H26N4O4S2/c1-2-24-17-8-4-5-9-18(17)25(21(24)27)15-19(26)22-14-16-10-11-20(30-16)31(28,29)23-12-6-3-7-13-23/h4-5,8-11H,2-3,6-7,12-15H2,1H3,(H,22,26). The van der Waals surface area contributed by atoms with Gasteiger partial charge in [-0.1, -0.05) is 18.6 Å². The van der Waals surface area contributed by atoms with E-state index < -0.39 is 10.0 Å². The number of aromatic nitrogens is 2. The second kappa shape index (κ2) is 8.97. The average molecular weight is 463 g/mol. The van der Waals surface area contributed by atoms with Gasteiger partial charge >= 0.3 is 5.69 Å². The quantitative estimate of drug-likeness (QED) is 0.583. The number of fused-ring (bicyclic) bond motifs is 1. The summed E-state index contributed by atoms with van der Waals surface area (Å²) in [6, 6.07) is 10.7. The molecule has 0 saturated carbocycles. The van der Waals surface area contributed by atoms with Gasteiger partial charge in [0.1, 0.15) is 10.8 Å². The highest BCUT2D eigenvalue weighted by Gasteiger charge is 2.27. The fourth-order valence-corrected chi connectivity index (χ4v) is 6.91. The van der Waals surface area contributed by atoms with Crippen molar-refractivity contribution in [2.24, 2.45) is 0 Å². The highest BCUT2D eigenvalue weighted by atomic mass is 32.2. The summed E-state index contributed by atoms with van der Waals surface area (Å²) < 4.78 is 30.5. The number of carbonyl (C=O) groups is 1. The third-order valence-corrected chi connectivity index (χ3v) is 9.00. The summed E-state index contributed by atoms with van der Waals surface area (Å²) in [5.41, 5.74) is 1.30. The van der Waals surface area contributed by atoms with Gasteiger partial charge in [0.2, 0.25) is 5.91 Å². The molecule has 0 radical (unpaired) electrons. The lowest BCUT2D eigenvalue weighted by molar-refractivity contribution is -0.121. The molecule has 4 rings (SSSR count). The Morgan fingerprint density at radius 2 is 1.71 bits per heavy atom. The highest BCUT2D eigenvalue weighted by molar-refractivity contribution is 7.91. The zero-order valence-corrected chi connectivity index (χ0v) is 19.0. The van der Waals surface area contributed by atoms with Crippen molar-refractivity contribution in [1.82, 2.24) is 18.8 Å². The zero-order valence-electron chi connectivity index (χ0n) is 17.4. The Morgan fingerprint density at radius 1 is 1.03 bits per heavy atom. The van der Waals surface area contributed by atoms with Gasteiger partial charge in [-0.3, -0.25) is 13.9 Å². The number of sulfonamides is 1. The number of piperidine rings is 1. The van der Waals surface area contributed by atoms with Crippen molar-refractivity contribution < 1.29 is 13.2 Å². The third-order valence-electron chi connectivity index (χ3n) is 5.55. The average Bonchev–Trinajstić information content (AvgIpc) is 3.37. The number of hydrogen-bond donors (Lipinski definition) is 1. The molecule has 8 nitrogen and oxygen atoms in total. The molecule has 1 fully saturated rings. The Balaban J connectivity index is 1.43. The molecule has 1 aromatic carbocycles. The highest BCUT2D eigenvalue weighted by Crippen LogP contribution is 2.27. The second-order valence-electron chi connectivity index (χ2n) is 7.56. The fourth-order valence-electron chi connectivity index (χ4n) is 3.94. The molecule has 0 aliphatic carbocycles. The first kappa shape index (κ1) is 21.8. The van der Waals surface area contributed by atoms with E-state index >= 15 is 0 Å². The topological polar surface area (TPSA) is 93.4 Å². The van der Waals surface area contributed by atoms with Crippen LogP contribution in [0.15, 0.2) is 45.4 Å². The number of thiophene rings is 1. The van der Waals surface area contributed by atoms with Crippen LogP contribution in [0.25, 0.3) is 11.0 Å². The number of carbonyl (C=O) groups excluding carboxylic acids is 1. The first-order chi connectivity index (χ1) is 14.9. The van der Waals surface area contributed by atoms with Crippen LogP contribution in [-0.2, 0) is 34.5 Å². The van der Waals surface area contributed by atoms with Crippen molar-refractivity contribution in [1.29, 1.82) is 0 Å². The van der Waals surface area contributed by atoms with Crippen LogP contribution in [0.2, 0.25) is 0 Å². The monoisotopic (exact) mass is 462 g/mol. The third kappa shape index (κ3) is 4.32. The molecule has 166 valence electrons. The molecule has 1 aliphatic rings. The first-order valence-corrected chi connectivity index (χ1v) is 12.7. The van der Waals surface area contributed by atoms with Gasteiger partial charge in [0, 0.05) is 24.5 Å². The number of hydrogen-bond acceptors (Lipinski definition) is 5. The van der Waals surface area contributed by atoms with Crippen molar-refractivity contribution in [2.45, 2.75) is 50.0 Å². The van der Waals surface area contributed by atoms with Gasteiger partial charge in [-0.2, -0.15) is 4.31 Å². The summed E-state index contributed by atoms with van der Waals surface area (Å²) in [4.78, 5) is 26.0. The van der Waals surface area contributed by atoms with Crippen LogP contribution in [0.3, 0.4) is 0 Å². The number of aryl methyl sites for hydroxylation is 1. The number of nitrogens with zero attached hydrogens (tertiary/aromatic N) is 3. The van der Waals surface area contributed by atoms with Gasteiger partial charge in [0.05, 0.1) is 17.6 Å². The molecular weight excluding hydrogens is 436 g/mol. The molecule has 31 heavy (non-hydrogen) atoms. The van der Waals surface area contributed by atoms with Gasteiger partial charge < -0.3 is 5.32 Å². The van der Waals surface area contributed by atoms with Crippen molar-refractivity contribution in [3.05, 3.63) is 51.8 Å². The number of rotatable bonds is 7. The van der Waals surface area contributed by atoms with E-state index in [0.29, 0.717) is 23.8 Å². The molecule has 3 heterocycles. The second-order valence-corrected chi connectivity index (χ2v) is 10.9. The lowest BCUT2D eigenvalue weighted by Crippen LogP contribution is -2.35. The summed E-state index contributed by atoms with van der Waals surface area (Å²) in [7, 11) is -3.47. The van der Waals surface area contributed by atoms with Crippen LogP contribution >= 0.6 is 11.3 Å². The summed E-state index contributed by atoms with van der Waals surface area (Å²) in [5.74, 6) is -0.296. The number of benzene rings is 1. The lowest BCUT2D eigenvalue weighted by Gasteiger charge is -2.25. The van der Waals surface area contributed by atoms with E-state index in [1.807, 2.05) is 31.2 Å². The minimum atomic E-state index is -3.47. The van der Waals surface area contributed by atoms with Gasteiger partial charge in [0.25, 0.3) is 10.0 Å². The van der Waals surface area contributed by atoms with E-state index in [9.17, 15) is 18.0 Å². The van der Waals surface area contributed by atoms with Crippen LogP contribution < -0.4 is 11.0 Å². The minimum absolute atomic E-state index is 0.0867. The summed E-state index contributed by atoms with van der Waals surface area (Å²) in [5, 5.41) is 2.81. The van der Waals surface area contributed by atoms with E-state index in [0.717, 1.165) is 35.2 Å². The number of imidazole rings is 1. The fraction of sp³-hybridized carbons (Fsp3) is 0.429. The smallest absolute Gasteiger partial charge is 0.329 e. The number of para-hydroxylation sites is 2. The molecule has 1 aliphatic heterocycles. The molecule has 1 saturated heterocycles. The molecule has 2 aromatic heterocycles. The van der Waals surface area contributed by atoms with E-state index in [2.05, 4.69) is 5.32 Å². The predicted molar refractivity (Wildman–Crippen MR) is 121 cm³/mol. The molecule has 0 unspecified atom stereocenters. The van der Waals surface area contributed by atoms with Gasteiger partial charge in [-0.15, -0.1) is 11.3 Å². The summed E-state index contributed by atoms with van der Waals surface area (Å²) >= 11 is 1.18. The SMILES string of the molecule is CCn1c(=O)n(CC(=O)NCc2ccc(S(=O)(=O)N3CCCCC3)s2)c2ccccc21. The Bertz CT molecular complexity index is 1250. The summed E-state index contributed by atoms with van der Waals surface area (Å²) in [6.45, 7) is 3.68. The van der Waals surface area contributed by atoms with E-state index in [1.54, 1.807) is 21.0 Å².